The van der Waals surface area contributed by atoms with Crippen molar-refractivity contribution in [1.82, 2.24) is 19.9 Å². The zero-order valence-corrected chi connectivity index (χ0v) is 11.4. The first-order chi connectivity index (χ1) is 9.27. The van der Waals surface area contributed by atoms with Crippen molar-refractivity contribution in [3.8, 4) is 0 Å². The minimum Gasteiger partial charge on any atom is -0.367 e. The van der Waals surface area contributed by atoms with E-state index in [1.807, 2.05) is 13.1 Å². The molecule has 2 aromatic rings. The van der Waals surface area contributed by atoms with Gasteiger partial charge in [-0.2, -0.15) is 0 Å². The molecule has 0 amide bonds. The van der Waals surface area contributed by atoms with E-state index >= 15 is 0 Å². The number of hydrogen-bond acceptors (Lipinski definition) is 3. The predicted octanol–water partition coefficient (Wildman–Crippen LogP) is 1.68. The highest BCUT2D eigenvalue weighted by Crippen LogP contribution is 2.17. The number of aryl methyl sites for hydroxylation is 1. The lowest BCUT2D eigenvalue weighted by Gasteiger charge is -2.18. The lowest BCUT2D eigenvalue weighted by molar-refractivity contribution is 0.541. The van der Waals surface area contributed by atoms with E-state index in [9.17, 15) is 4.79 Å². The van der Waals surface area contributed by atoms with E-state index < -0.39 is 0 Å². The van der Waals surface area contributed by atoms with Crippen molar-refractivity contribution in [3.05, 3.63) is 52.5 Å². The number of pyridine rings is 1. The molecule has 0 aliphatic carbocycles. The molecule has 2 aromatic heterocycles. The molecule has 0 spiro atoms. The fraction of sp³-hybridized carbons (Fsp3) is 0.429. The Labute approximate surface area is 112 Å². The average molecular weight is 260 g/mol. The molecule has 0 fully saturated rings. The fourth-order valence-electron chi connectivity index (χ4n) is 2.21. The van der Waals surface area contributed by atoms with Gasteiger partial charge in [0.2, 0.25) is 0 Å². The van der Waals surface area contributed by atoms with Gasteiger partial charge < -0.3 is 14.9 Å². The maximum absolute atomic E-state index is 12.0. The number of imidazole rings is 1. The minimum atomic E-state index is -0.170. The monoisotopic (exact) mass is 260 g/mol. The largest absolute Gasteiger partial charge is 0.367 e. The van der Waals surface area contributed by atoms with Crippen LogP contribution in [0.1, 0.15) is 37.7 Å². The molecule has 0 saturated carbocycles. The van der Waals surface area contributed by atoms with Crippen LogP contribution >= 0.6 is 0 Å². The molecule has 102 valence electrons. The second-order valence-electron chi connectivity index (χ2n) is 4.43. The second kappa shape index (κ2) is 6.33. The van der Waals surface area contributed by atoms with Crippen molar-refractivity contribution < 1.29 is 0 Å². The Kier molecular flexibility index (Phi) is 4.52. The second-order valence-corrected chi connectivity index (χ2v) is 4.43. The molecule has 2 N–H and O–H groups in total. The standard InChI is InChI=1S/C14H20N4O/c1-3-8-18-9-7-17-14(18)13(16-4-2)11-10-15-6-5-12(11)19/h5-7,9-10,13,16H,3-4,8H2,1-2H3,(H,15,19). The van der Waals surface area contributed by atoms with Crippen molar-refractivity contribution in [2.75, 3.05) is 6.54 Å². The van der Waals surface area contributed by atoms with Gasteiger partial charge in [-0.3, -0.25) is 4.79 Å². The van der Waals surface area contributed by atoms with Crippen molar-refractivity contribution in [1.29, 1.82) is 0 Å². The molecule has 1 atom stereocenters. The Balaban J connectivity index is 2.43. The smallest absolute Gasteiger partial charge is 0.186 e. The molecule has 0 bridgehead atoms. The van der Waals surface area contributed by atoms with Crippen molar-refractivity contribution >= 4 is 0 Å². The molecule has 0 saturated heterocycles. The quantitative estimate of drug-likeness (QED) is 0.830. The summed E-state index contributed by atoms with van der Waals surface area (Å²) in [6.07, 6.45) is 8.17. The van der Waals surface area contributed by atoms with Crippen LogP contribution in [0.2, 0.25) is 0 Å². The number of H-pyrrole nitrogens is 1. The van der Waals surface area contributed by atoms with Gasteiger partial charge in [-0.15, -0.1) is 0 Å². The summed E-state index contributed by atoms with van der Waals surface area (Å²) < 4.78 is 2.10. The summed E-state index contributed by atoms with van der Waals surface area (Å²) in [6, 6.07) is 1.38. The van der Waals surface area contributed by atoms with Crippen molar-refractivity contribution in [2.45, 2.75) is 32.9 Å². The van der Waals surface area contributed by atoms with Gasteiger partial charge in [-0.25, -0.2) is 4.98 Å². The molecule has 5 nitrogen and oxygen atoms in total. The van der Waals surface area contributed by atoms with E-state index in [-0.39, 0.29) is 11.5 Å². The first-order valence-corrected chi connectivity index (χ1v) is 6.69. The Morgan fingerprint density at radius 3 is 3.00 bits per heavy atom. The molecule has 1 unspecified atom stereocenters. The third-order valence-electron chi connectivity index (χ3n) is 3.04. The number of aromatic amines is 1. The third kappa shape index (κ3) is 2.93. The highest BCUT2D eigenvalue weighted by molar-refractivity contribution is 5.22. The molecule has 0 aromatic carbocycles. The number of hydrogen-bond donors (Lipinski definition) is 2. The van der Waals surface area contributed by atoms with E-state index in [2.05, 4.69) is 26.8 Å². The molecule has 5 heteroatoms. The summed E-state index contributed by atoms with van der Waals surface area (Å²) >= 11 is 0. The van der Waals surface area contributed by atoms with E-state index in [0.717, 1.165) is 25.3 Å². The molecular weight excluding hydrogens is 240 g/mol. The first kappa shape index (κ1) is 13.5. The van der Waals surface area contributed by atoms with Gasteiger partial charge in [0.05, 0.1) is 6.04 Å². The van der Waals surface area contributed by atoms with Gasteiger partial charge in [0.25, 0.3) is 0 Å². The molecule has 0 aliphatic heterocycles. The topological polar surface area (TPSA) is 62.7 Å². The molecule has 0 aliphatic rings. The molecule has 0 radical (unpaired) electrons. The summed E-state index contributed by atoms with van der Waals surface area (Å²) in [7, 11) is 0. The molecule has 2 rings (SSSR count). The predicted molar refractivity (Wildman–Crippen MR) is 75.1 cm³/mol. The van der Waals surface area contributed by atoms with E-state index in [0.29, 0.717) is 5.56 Å². The van der Waals surface area contributed by atoms with Crippen LogP contribution in [0.5, 0.6) is 0 Å². The Hall–Kier alpha value is -1.88. The van der Waals surface area contributed by atoms with Crippen LogP contribution < -0.4 is 10.7 Å². The van der Waals surface area contributed by atoms with Crippen LogP contribution in [0.3, 0.4) is 0 Å². The van der Waals surface area contributed by atoms with Crippen LogP contribution in [0.4, 0.5) is 0 Å². The Bertz CT molecular complexity index is 573. The van der Waals surface area contributed by atoms with Gasteiger partial charge in [-0.1, -0.05) is 13.8 Å². The Morgan fingerprint density at radius 1 is 1.47 bits per heavy atom. The molecular formula is C14H20N4O. The number of nitrogens with one attached hydrogen (secondary N) is 2. The van der Waals surface area contributed by atoms with E-state index in [1.165, 1.54) is 0 Å². The van der Waals surface area contributed by atoms with Crippen molar-refractivity contribution in [3.63, 3.8) is 0 Å². The van der Waals surface area contributed by atoms with E-state index in [1.54, 1.807) is 24.7 Å². The van der Waals surface area contributed by atoms with Crippen LogP contribution in [0, 0.1) is 0 Å². The van der Waals surface area contributed by atoms with Gasteiger partial charge in [0, 0.05) is 43.0 Å². The zero-order chi connectivity index (χ0) is 13.7. The molecule has 2 heterocycles. The summed E-state index contributed by atoms with van der Waals surface area (Å²) in [6.45, 7) is 5.83. The number of rotatable bonds is 6. The summed E-state index contributed by atoms with van der Waals surface area (Å²) in [5.41, 5.74) is 0.726. The molecule has 19 heavy (non-hydrogen) atoms. The van der Waals surface area contributed by atoms with Crippen LogP contribution in [0.15, 0.2) is 35.6 Å². The van der Waals surface area contributed by atoms with Gasteiger partial charge >= 0.3 is 0 Å². The summed E-state index contributed by atoms with van der Waals surface area (Å²) in [5.74, 6) is 0.889. The maximum Gasteiger partial charge on any atom is 0.186 e. The van der Waals surface area contributed by atoms with Crippen LogP contribution in [-0.2, 0) is 6.54 Å². The van der Waals surface area contributed by atoms with Gasteiger partial charge in [0.1, 0.15) is 5.82 Å². The highest BCUT2D eigenvalue weighted by Gasteiger charge is 2.20. The van der Waals surface area contributed by atoms with Gasteiger partial charge in [-0.05, 0) is 13.0 Å². The summed E-state index contributed by atoms with van der Waals surface area (Å²) in [5, 5.41) is 3.34. The normalized spacial score (nSPS) is 12.5. The lowest BCUT2D eigenvalue weighted by atomic mass is 10.1. The van der Waals surface area contributed by atoms with Crippen LogP contribution in [-0.4, -0.2) is 21.1 Å². The minimum absolute atomic E-state index is 0.0238. The summed E-state index contributed by atoms with van der Waals surface area (Å²) in [4.78, 5) is 19.4. The first-order valence-electron chi connectivity index (χ1n) is 6.69. The maximum atomic E-state index is 12.0. The lowest BCUT2D eigenvalue weighted by Crippen LogP contribution is -2.29. The fourth-order valence-corrected chi connectivity index (χ4v) is 2.21. The Morgan fingerprint density at radius 2 is 2.32 bits per heavy atom. The van der Waals surface area contributed by atoms with Gasteiger partial charge in [0.15, 0.2) is 5.43 Å². The van der Waals surface area contributed by atoms with E-state index in [4.69, 9.17) is 0 Å². The van der Waals surface area contributed by atoms with Crippen molar-refractivity contribution in [2.24, 2.45) is 0 Å². The van der Waals surface area contributed by atoms with Crippen LogP contribution in [0.25, 0.3) is 0 Å². The highest BCUT2D eigenvalue weighted by atomic mass is 16.1. The SMILES string of the molecule is CCCn1ccnc1C(NCC)c1c[nH]ccc1=O. The number of nitrogens with zero attached hydrogens (tertiary/aromatic N) is 2. The number of aromatic nitrogens is 3. The third-order valence-corrected chi connectivity index (χ3v) is 3.04. The zero-order valence-electron chi connectivity index (χ0n) is 11.4. The average Bonchev–Trinajstić information content (AvgIpc) is 2.86.